The van der Waals surface area contributed by atoms with Gasteiger partial charge in [-0.05, 0) is 43.6 Å². The molecule has 3 heteroatoms. The van der Waals surface area contributed by atoms with Crippen molar-refractivity contribution in [3.63, 3.8) is 0 Å². The highest BCUT2D eigenvalue weighted by Gasteiger charge is 2.67. The van der Waals surface area contributed by atoms with Crippen LogP contribution in [-0.2, 0) is 14.3 Å². The number of fused-ring (bicyclic) bond motifs is 1. The van der Waals surface area contributed by atoms with E-state index in [9.17, 15) is 9.59 Å². The Hall–Kier alpha value is -1.12. The molecule has 1 spiro atoms. The summed E-state index contributed by atoms with van der Waals surface area (Å²) in [6, 6.07) is 0. The summed E-state index contributed by atoms with van der Waals surface area (Å²) in [6.45, 7) is 8.44. The minimum absolute atomic E-state index is 0.0491. The molecule has 3 rings (SSSR count). The normalized spacial score (nSPS) is 42.9. The monoisotopic (exact) mass is 276 g/mol. The highest BCUT2D eigenvalue weighted by molar-refractivity contribution is 6.00. The Morgan fingerprint density at radius 1 is 1.40 bits per heavy atom. The standard InChI is InChI=1S/C17H24O3/c1-10-5-6-13-7-14-11(2)15(19)8-17(10,14)16(13,4)9-20-12(3)18/h10,13H,5-9H2,1-4H3/t10-,13-,16-,17+/m1/s1. The van der Waals surface area contributed by atoms with Gasteiger partial charge in [-0.3, -0.25) is 9.59 Å². The van der Waals surface area contributed by atoms with E-state index in [0.717, 1.165) is 12.0 Å². The van der Waals surface area contributed by atoms with Crippen molar-refractivity contribution in [3.8, 4) is 0 Å². The molecule has 0 aromatic heterocycles. The lowest BCUT2D eigenvalue weighted by atomic mass is 9.52. The van der Waals surface area contributed by atoms with E-state index in [1.54, 1.807) is 0 Å². The van der Waals surface area contributed by atoms with Gasteiger partial charge in [-0.25, -0.2) is 0 Å². The maximum absolute atomic E-state index is 12.3. The van der Waals surface area contributed by atoms with Gasteiger partial charge in [-0.15, -0.1) is 0 Å². The van der Waals surface area contributed by atoms with E-state index in [4.69, 9.17) is 4.74 Å². The summed E-state index contributed by atoms with van der Waals surface area (Å²) in [5.41, 5.74) is 2.26. The average molecular weight is 276 g/mol. The highest BCUT2D eigenvalue weighted by atomic mass is 16.5. The second-order valence-corrected chi connectivity index (χ2v) is 7.25. The first-order valence-electron chi connectivity index (χ1n) is 7.69. The number of carbonyl (C=O) groups excluding carboxylic acids is 2. The molecule has 3 aliphatic carbocycles. The van der Waals surface area contributed by atoms with Crippen LogP contribution in [0.15, 0.2) is 11.1 Å². The molecule has 3 aliphatic rings. The van der Waals surface area contributed by atoms with Crippen LogP contribution in [-0.4, -0.2) is 18.4 Å². The zero-order valence-corrected chi connectivity index (χ0v) is 12.9. The van der Waals surface area contributed by atoms with Crippen LogP contribution in [0.5, 0.6) is 0 Å². The fourth-order valence-corrected chi connectivity index (χ4v) is 5.36. The zero-order valence-electron chi connectivity index (χ0n) is 12.9. The molecule has 0 amide bonds. The largest absolute Gasteiger partial charge is 0.465 e. The van der Waals surface area contributed by atoms with Gasteiger partial charge in [0.15, 0.2) is 5.78 Å². The average Bonchev–Trinajstić information content (AvgIpc) is 2.70. The van der Waals surface area contributed by atoms with Crippen LogP contribution >= 0.6 is 0 Å². The Balaban J connectivity index is 2.08. The molecule has 2 bridgehead atoms. The van der Waals surface area contributed by atoms with Gasteiger partial charge in [-0.2, -0.15) is 0 Å². The van der Waals surface area contributed by atoms with Gasteiger partial charge in [0.05, 0.1) is 6.61 Å². The third-order valence-corrected chi connectivity index (χ3v) is 6.58. The van der Waals surface area contributed by atoms with Crippen molar-refractivity contribution in [3.05, 3.63) is 11.1 Å². The molecular formula is C17H24O3. The molecule has 0 unspecified atom stereocenters. The van der Waals surface area contributed by atoms with E-state index < -0.39 is 0 Å². The summed E-state index contributed by atoms with van der Waals surface area (Å²) >= 11 is 0. The third-order valence-electron chi connectivity index (χ3n) is 6.58. The second kappa shape index (κ2) is 4.19. The Morgan fingerprint density at radius 3 is 2.75 bits per heavy atom. The van der Waals surface area contributed by atoms with Crippen molar-refractivity contribution >= 4 is 11.8 Å². The Morgan fingerprint density at radius 2 is 2.10 bits per heavy atom. The summed E-state index contributed by atoms with van der Waals surface area (Å²) in [5.74, 6) is 1.14. The van der Waals surface area contributed by atoms with E-state index in [1.807, 2.05) is 6.92 Å². The molecule has 0 saturated heterocycles. The number of hydrogen-bond donors (Lipinski definition) is 0. The number of ketones is 1. The van der Waals surface area contributed by atoms with E-state index in [1.165, 1.54) is 25.3 Å². The number of hydrogen-bond acceptors (Lipinski definition) is 3. The second-order valence-electron chi connectivity index (χ2n) is 7.25. The van der Waals surface area contributed by atoms with Crippen molar-refractivity contribution in [1.82, 2.24) is 0 Å². The van der Waals surface area contributed by atoms with Crippen LogP contribution < -0.4 is 0 Å². The first-order valence-corrected chi connectivity index (χ1v) is 7.69. The molecule has 0 aromatic rings. The molecule has 2 saturated carbocycles. The van der Waals surface area contributed by atoms with E-state index in [0.29, 0.717) is 30.6 Å². The molecular weight excluding hydrogens is 252 g/mol. The summed E-state index contributed by atoms with van der Waals surface area (Å²) in [7, 11) is 0. The lowest BCUT2D eigenvalue weighted by Gasteiger charge is -2.52. The van der Waals surface area contributed by atoms with Crippen molar-refractivity contribution in [2.45, 2.75) is 53.4 Å². The van der Waals surface area contributed by atoms with Crippen molar-refractivity contribution in [1.29, 1.82) is 0 Å². The van der Waals surface area contributed by atoms with E-state index in [-0.39, 0.29) is 16.8 Å². The van der Waals surface area contributed by atoms with Crippen LogP contribution in [0.25, 0.3) is 0 Å². The van der Waals surface area contributed by atoms with Gasteiger partial charge >= 0.3 is 5.97 Å². The summed E-state index contributed by atoms with van der Waals surface area (Å²) in [5, 5.41) is 0. The fraction of sp³-hybridized carbons (Fsp3) is 0.765. The van der Waals surface area contributed by atoms with Gasteiger partial charge in [0.2, 0.25) is 0 Å². The minimum Gasteiger partial charge on any atom is -0.465 e. The van der Waals surface area contributed by atoms with Crippen LogP contribution in [0, 0.1) is 22.7 Å². The van der Waals surface area contributed by atoms with Crippen LogP contribution in [0.3, 0.4) is 0 Å². The fourth-order valence-electron chi connectivity index (χ4n) is 5.36. The van der Waals surface area contributed by atoms with Gasteiger partial charge in [0.1, 0.15) is 0 Å². The van der Waals surface area contributed by atoms with Gasteiger partial charge < -0.3 is 4.74 Å². The van der Waals surface area contributed by atoms with E-state index in [2.05, 4.69) is 13.8 Å². The van der Waals surface area contributed by atoms with Gasteiger partial charge in [-0.1, -0.05) is 19.4 Å². The molecule has 110 valence electrons. The number of rotatable bonds is 2. The molecule has 0 aliphatic heterocycles. The Labute approximate surface area is 120 Å². The molecule has 4 atom stereocenters. The van der Waals surface area contributed by atoms with E-state index >= 15 is 0 Å². The zero-order chi connectivity index (χ0) is 14.7. The first kappa shape index (κ1) is 13.8. The van der Waals surface area contributed by atoms with Crippen LogP contribution in [0.4, 0.5) is 0 Å². The number of carbonyl (C=O) groups is 2. The minimum atomic E-state index is -0.216. The predicted molar refractivity (Wildman–Crippen MR) is 76.0 cm³/mol. The van der Waals surface area contributed by atoms with Gasteiger partial charge in [0.25, 0.3) is 0 Å². The number of esters is 1. The van der Waals surface area contributed by atoms with Crippen LogP contribution in [0.1, 0.15) is 53.4 Å². The summed E-state index contributed by atoms with van der Waals surface area (Å²) in [4.78, 5) is 23.5. The molecule has 0 radical (unpaired) electrons. The molecule has 0 N–H and O–H groups in total. The molecule has 2 fully saturated rings. The number of allylic oxidation sites excluding steroid dienone is 2. The van der Waals surface area contributed by atoms with Crippen molar-refractivity contribution in [2.24, 2.45) is 22.7 Å². The van der Waals surface area contributed by atoms with Crippen LogP contribution in [0.2, 0.25) is 0 Å². The smallest absolute Gasteiger partial charge is 0.302 e. The summed E-state index contributed by atoms with van der Waals surface area (Å²) in [6.07, 6.45) is 4.03. The SMILES string of the molecule is CC(=O)OC[C@]1(C)[C@@H]2CC[C@@H](C)[C@]13CC(=O)C(C)=C3C2. The highest BCUT2D eigenvalue weighted by Crippen LogP contribution is 2.72. The molecule has 0 aromatic carbocycles. The molecule has 3 nitrogen and oxygen atoms in total. The summed E-state index contributed by atoms with van der Waals surface area (Å²) < 4.78 is 5.41. The molecule has 0 heterocycles. The lowest BCUT2D eigenvalue weighted by Crippen LogP contribution is -2.50. The van der Waals surface area contributed by atoms with Crippen molar-refractivity contribution in [2.75, 3.05) is 6.61 Å². The topological polar surface area (TPSA) is 43.4 Å². The Kier molecular flexibility index (Phi) is 2.90. The maximum atomic E-state index is 12.3. The third kappa shape index (κ3) is 1.47. The number of Topliss-reactive ketones (excluding diaryl/α,β-unsaturated/α-hetero) is 1. The predicted octanol–water partition coefficient (Wildman–Crippen LogP) is 3.28. The maximum Gasteiger partial charge on any atom is 0.302 e. The molecule has 20 heavy (non-hydrogen) atoms. The first-order chi connectivity index (χ1) is 9.33. The Bertz CT molecular complexity index is 518. The quantitative estimate of drug-likeness (QED) is 0.727. The number of ether oxygens (including phenoxy) is 1. The lowest BCUT2D eigenvalue weighted by molar-refractivity contribution is -0.152. The van der Waals surface area contributed by atoms with Gasteiger partial charge in [0, 0.05) is 24.2 Å². The van der Waals surface area contributed by atoms with Crippen molar-refractivity contribution < 1.29 is 14.3 Å².